The Morgan fingerprint density at radius 3 is 2.38 bits per heavy atom. The number of para-hydroxylation sites is 1. The molecule has 0 aliphatic heterocycles. The van der Waals surface area contributed by atoms with Crippen molar-refractivity contribution in [2.24, 2.45) is 0 Å². The molecule has 0 spiro atoms. The first-order valence-corrected chi connectivity index (χ1v) is 7.33. The Kier molecular flexibility index (Phi) is 4.38. The molecule has 0 unspecified atom stereocenters. The molecule has 2 N–H and O–H groups in total. The van der Waals surface area contributed by atoms with Crippen LogP contribution < -0.4 is 10.6 Å². The second-order valence-electron chi connectivity index (χ2n) is 5.12. The number of oxazole rings is 1. The van der Waals surface area contributed by atoms with Crippen LogP contribution in [0.1, 0.15) is 26.5 Å². The number of amides is 2. The maximum Gasteiger partial charge on any atom is 0.302 e. The third kappa shape index (κ3) is 3.49. The highest BCUT2D eigenvalue weighted by Crippen LogP contribution is 2.16. The molecule has 3 rings (SSSR count). The number of aryl methyl sites for hydroxylation is 1. The van der Waals surface area contributed by atoms with E-state index >= 15 is 0 Å². The van der Waals surface area contributed by atoms with Crippen LogP contribution in [0.3, 0.4) is 0 Å². The van der Waals surface area contributed by atoms with E-state index in [-0.39, 0.29) is 17.7 Å². The molecule has 24 heavy (non-hydrogen) atoms. The van der Waals surface area contributed by atoms with Gasteiger partial charge in [-0.1, -0.05) is 36.4 Å². The molecule has 0 aliphatic rings. The molecule has 0 atom stereocenters. The van der Waals surface area contributed by atoms with Gasteiger partial charge in [-0.2, -0.15) is 0 Å². The van der Waals surface area contributed by atoms with Crippen LogP contribution in [0, 0.1) is 6.92 Å². The third-order valence-electron chi connectivity index (χ3n) is 3.38. The van der Waals surface area contributed by atoms with E-state index in [1.165, 1.54) is 6.20 Å². The number of aromatic nitrogens is 1. The highest BCUT2D eigenvalue weighted by atomic mass is 16.4. The van der Waals surface area contributed by atoms with Gasteiger partial charge in [-0.3, -0.25) is 14.9 Å². The Morgan fingerprint density at radius 1 is 0.917 bits per heavy atom. The van der Waals surface area contributed by atoms with Gasteiger partial charge >= 0.3 is 6.01 Å². The van der Waals surface area contributed by atoms with Crippen molar-refractivity contribution in [1.82, 2.24) is 4.98 Å². The predicted octanol–water partition coefficient (Wildman–Crippen LogP) is 3.49. The Balaban J connectivity index is 1.68. The molecule has 1 aromatic heterocycles. The summed E-state index contributed by atoms with van der Waals surface area (Å²) in [6, 6.07) is 16.0. The predicted molar refractivity (Wildman–Crippen MR) is 90.0 cm³/mol. The van der Waals surface area contributed by atoms with Crippen LogP contribution in [0.5, 0.6) is 0 Å². The zero-order valence-electron chi connectivity index (χ0n) is 12.9. The molecule has 6 heteroatoms. The highest BCUT2D eigenvalue weighted by molar-refractivity contribution is 6.04. The lowest BCUT2D eigenvalue weighted by molar-refractivity contribution is 0.0988. The lowest BCUT2D eigenvalue weighted by Crippen LogP contribution is -2.12. The van der Waals surface area contributed by atoms with E-state index in [1.54, 1.807) is 30.3 Å². The number of rotatable bonds is 4. The normalized spacial score (nSPS) is 10.2. The van der Waals surface area contributed by atoms with Crippen LogP contribution in [0.4, 0.5) is 11.7 Å². The van der Waals surface area contributed by atoms with Crippen molar-refractivity contribution in [3.63, 3.8) is 0 Å². The smallest absolute Gasteiger partial charge is 0.302 e. The van der Waals surface area contributed by atoms with Crippen LogP contribution >= 0.6 is 0 Å². The maximum absolute atomic E-state index is 12.2. The van der Waals surface area contributed by atoms with Gasteiger partial charge in [-0.15, -0.1) is 0 Å². The number of anilines is 2. The Bertz CT molecular complexity index is 872. The van der Waals surface area contributed by atoms with Crippen molar-refractivity contribution in [3.8, 4) is 0 Å². The van der Waals surface area contributed by atoms with Crippen molar-refractivity contribution < 1.29 is 14.0 Å². The van der Waals surface area contributed by atoms with Crippen molar-refractivity contribution in [2.45, 2.75) is 6.92 Å². The second-order valence-corrected chi connectivity index (χ2v) is 5.12. The first-order chi connectivity index (χ1) is 11.6. The van der Waals surface area contributed by atoms with E-state index < -0.39 is 5.91 Å². The van der Waals surface area contributed by atoms with Gasteiger partial charge in [0.15, 0.2) is 0 Å². The molecule has 120 valence electrons. The average Bonchev–Trinajstić information content (AvgIpc) is 3.06. The van der Waals surface area contributed by atoms with Gasteiger partial charge in [-0.25, -0.2) is 4.98 Å². The molecule has 0 radical (unpaired) electrons. The molecule has 0 aliphatic carbocycles. The van der Waals surface area contributed by atoms with E-state index in [4.69, 9.17) is 4.42 Å². The van der Waals surface area contributed by atoms with E-state index in [0.29, 0.717) is 11.3 Å². The van der Waals surface area contributed by atoms with Gasteiger partial charge in [0.25, 0.3) is 11.8 Å². The summed E-state index contributed by atoms with van der Waals surface area (Å²) in [6.45, 7) is 1.89. The third-order valence-corrected chi connectivity index (χ3v) is 3.38. The summed E-state index contributed by atoms with van der Waals surface area (Å²) in [6.07, 6.45) is 1.27. The molecule has 1 heterocycles. The lowest BCUT2D eigenvalue weighted by Gasteiger charge is -2.05. The summed E-state index contributed by atoms with van der Waals surface area (Å²) >= 11 is 0. The molecule has 2 aromatic carbocycles. The minimum Gasteiger partial charge on any atom is -0.418 e. The molecule has 0 saturated carbocycles. The number of nitrogens with one attached hydrogen (secondary N) is 2. The molecule has 0 bridgehead atoms. The highest BCUT2D eigenvalue weighted by Gasteiger charge is 2.15. The van der Waals surface area contributed by atoms with Crippen molar-refractivity contribution in [1.29, 1.82) is 0 Å². The van der Waals surface area contributed by atoms with Crippen LogP contribution in [0.25, 0.3) is 0 Å². The fraction of sp³-hybridized carbons (Fsp3) is 0.0556. The van der Waals surface area contributed by atoms with Crippen LogP contribution in [-0.2, 0) is 0 Å². The number of carbonyl (C=O) groups excluding carboxylic acids is 2. The first kappa shape index (κ1) is 15.5. The summed E-state index contributed by atoms with van der Waals surface area (Å²) in [7, 11) is 0. The van der Waals surface area contributed by atoms with Crippen molar-refractivity contribution in [2.75, 3.05) is 10.6 Å². The van der Waals surface area contributed by atoms with E-state index in [1.807, 2.05) is 31.2 Å². The summed E-state index contributed by atoms with van der Waals surface area (Å²) in [5.74, 6) is -0.776. The quantitative estimate of drug-likeness (QED) is 0.770. The fourth-order valence-electron chi connectivity index (χ4n) is 2.09. The zero-order chi connectivity index (χ0) is 16.9. The molecular weight excluding hydrogens is 306 g/mol. The van der Waals surface area contributed by atoms with Gasteiger partial charge in [0.05, 0.1) is 6.20 Å². The average molecular weight is 321 g/mol. The SMILES string of the molecule is Cc1ccccc1NC(=O)c1cnc(NC(=O)c2ccccc2)o1. The summed E-state index contributed by atoms with van der Waals surface area (Å²) < 4.78 is 5.29. The van der Waals surface area contributed by atoms with E-state index in [0.717, 1.165) is 5.56 Å². The van der Waals surface area contributed by atoms with Crippen molar-refractivity contribution in [3.05, 3.63) is 77.7 Å². The number of carbonyl (C=O) groups is 2. The molecule has 2 amide bonds. The summed E-state index contributed by atoms with van der Waals surface area (Å²) in [4.78, 5) is 28.1. The largest absolute Gasteiger partial charge is 0.418 e. The van der Waals surface area contributed by atoms with E-state index in [2.05, 4.69) is 15.6 Å². The zero-order valence-corrected chi connectivity index (χ0v) is 12.9. The topological polar surface area (TPSA) is 84.2 Å². The number of hydrogen-bond acceptors (Lipinski definition) is 4. The lowest BCUT2D eigenvalue weighted by atomic mass is 10.2. The van der Waals surface area contributed by atoms with Crippen LogP contribution in [0.15, 0.2) is 65.2 Å². The number of benzene rings is 2. The molecule has 0 saturated heterocycles. The van der Waals surface area contributed by atoms with E-state index in [9.17, 15) is 9.59 Å². The standard InChI is InChI=1S/C18H15N3O3/c1-12-7-5-6-10-14(12)20-17(23)15-11-19-18(24-15)21-16(22)13-8-3-2-4-9-13/h2-11H,1H3,(H,20,23)(H,19,21,22). The Morgan fingerprint density at radius 2 is 1.62 bits per heavy atom. The molecule has 0 fully saturated rings. The molecule has 6 nitrogen and oxygen atoms in total. The van der Waals surface area contributed by atoms with Gasteiger partial charge < -0.3 is 9.73 Å². The van der Waals surface area contributed by atoms with Gasteiger partial charge in [0, 0.05) is 11.3 Å². The van der Waals surface area contributed by atoms with Gasteiger partial charge in [0.2, 0.25) is 5.76 Å². The van der Waals surface area contributed by atoms with Gasteiger partial charge in [0.1, 0.15) is 0 Å². The molecular formula is C18H15N3O3. The minimum atomic E-state index is -0.433. The number of nitrogens with zero attached hydrogens (tertiary/aromatic N) is 1. The summed E-state index contributed by atoms with van der Waals surface area (Å²) in [5.41, 5.74) is 2.10. The monoisotopic (exact) mass is 321 g/mol. The van der Waals surface area contributed by atoms with Crippen LogP contribution in [0.2, 0.25) is 0 Å². The Hall–Kier alpha value is -3.41. The number of hydrogen-bond donors (Lipinski definition) is 2. The van der Waals surface area contributed by atoms with Crippen LogP contribution in [-0.4, -0.2) is 16.8 Å². The first-order valence-electron chi connectivity index (χ1n) is 7.33. The maximum atomic E-state index is 12.2. The molecule has 3 aromatic rings. The second kappa shape index (κ2) is 6.78. The Labute approximate surface area is 138 Å². The summed E-state index contributed by atoms with van der Waals surface area (Å²) in [5, 5.41) is 5.25. The minimum absolute atomic E-state index is 0.0154. The van der Waals surface area contributed by atoms with Crippen molar-refractivity contribution >= 4 is 23.5 Å². The fourth-order valence-corrected chi connectivity index (χ4v) is 2.09. The van der Waals surface area contributed by atoms with Gasteiger partial charge in [-0.05, 0) is 30.7 Å².